The minimum Gasteiger partial charge on any atom is -0.325 e. The number of hydrogen-bond acceptors (Lipinski definition) is 2. The van der Waals surface area contributed by atoms with E-state index >= 15 is 0 Å². The lowest BCUT2D eigenvalue weighted by atomic mass is 9.77. The van der Waals surface area contributed by atoms with Crippen molar-refractivity contribution in [2.24, 2.45) is 11.7 Å². The highest BCUT2D eigenvalue weighted by Crippen LogP contribution is 2.38. The van der Waals surface area contributed by atoms with Gasteiger partial charge in [0, 0.05) is 12.6 Å². The smallest absolute Gasteiger partial charge is 0.272 e. The third-order valence-corrected chi connectivity index (χ3v) is 3.54. The number of nitrogens with zero attached hydrogens (tertiary/aromatic N) is 1. The second-order valence-electron chi connectivity index (χ2n) is 4.60. The Bertz CT molecular complexity index is 208. The normalized spacial score (nSPS) is 33.6. The predicted molar refractivity (Wildman–Crippen MR) is 51.3 cm³/mol. The zero-order valence-electron chi connectivity index (χ0n) is 8.38. The topological polar surface area (TPSA) is 29.3 Å². The fraction of sp³-hybridized carbons (Fsp3) is 1.00. The molecule has 0 aromatic rings. The second kappa shape index (κ2) is 3.74. The van der Waals surface area contributed by atoms with Gasteiger partial charge in [-0.15, -0.1) is 0 Å². The largest absolute Gasteiger partial charge is 0.325 e. The monoisotopic (exact) mass is 204 g/mol. The van der Waals surface area contributed by atoms with E-state index in [9.17, 15) is 8.78 Å². The van der Waals surface area contributed by atoms with Crippen LogP contribution in [0.1, 0.15) is 25.7 Å². The maximum absolute atomic E-state index is 13.0. The zero-order chi connectivity index (χ0) is 10.2. The Morgan fingerprint density at radius 3 is 2.64 bits per heavy atom. The van der Waals surface area contributed by atoms with Crippen molar-refractivity contribution >= 4 is 0 Å². The van der Waals surface area contributed by atoms with E-state index in [0.29, 0.717) is 12.0 Å². The van der Waals surface area contributed by atoms with Crippen molar-refractivity contribution in [3.8, 4) is 0 Å². The SMILES string of the molecule is NCC(F)(F)CN1CC2CCCCC21. The van der Waals surface area contributed by atoms with Crippen LogP contribution in [0.3, 0.4) is 0 Å². The zero-order valence-corrected chi connectivity index (χ0v) is 8.38. The lowest BCUT2D eigenvalue weighted by molar-refractivity contribution is -0.0939. The maximum Gasteiger partial charge on any atom is 0.272 e. The highest BCUT2D eigenvalue weighted by molar-refractivity contribution is 4.95. The molecule has 1 aliphatic carbocycles. The van der Waals surface area contributed by atoms with Crippen molar-refractivity contribution in [1.29, 1.82) is 0 Å². The summed E-state index contributed by atoms with van der Waals surface area (Å²) in [4.78, 5) is 1.91. The van der Waals surface area contributed by atoms with Crippen molar-refractivity contribution < 1.29 is 8.78 Å². The fourth-order valence-corrected chi connectivity index (χ4v) is 2.72. The molecule has 82 valence electrons. The van der Waals surface area contributed by atoms with Crippen molar-refractivity contribution in [3.63, 3.8) is 0 Å². The van der Waals surface area contributed by atoms with Gasteiger partial charge in [0.25, 0.3) is 5.92 Å². The summed E-state index contributed by atoms with van der Waals surface area (Å²) in [5, 5.41) is 0. The first-order chi connectivity index (χ1) is 6.62. The van der Waals surface area contributed by atoms with E-state index < -0.39 is 12.5 Å². The van der Waals surface area contributed by atoms with Gasteiger partial charge in [0.05, 0.1) is 13.1 Å². The number of fused-ring (bicyclic) bond motifs is 1. The van der Waals surface area contributed by atoms with Crippen molar-refractivity contribution in [1.82, 2.24) is 4.90 Å². The van der Waals surface area contributed by atoms with Crippen LogP contribution in [0.4, 0.5) is 8.78 Å². The minimum absolute atomic E-state index is 0.134. The molecule has 1 aliphatic heterocycles. The first-order valence-corrected chi connectivity index (χ1v) is 5.44. The van der Waals surface area contributed by atoms with Crippen LogP contribution in [0.15, 0.2) is 0 Å². The molecule has 1 saturated heterocycles. The Morgan fingerprint density at radius 1 is 1.29 bits per heavy atom. The van der Waals surface area contributed by atoms with Gasteiger partial charge in [0.1, 0.15) is 0 Å². The number of hydrogen-bond donors (Lipinski definition) is 1. The molecule has 0 aromatic carbocycles. The highest BCUT2D eigenvalue weighted by atomic mass is 19.3. The van der Waals surface area contributed by atoms with E-state index in [1.54, 1.807) is 0 Å². The Balaban J connectivity index is 1.84. The first kappa shape index (κ1) is 10.3. The second-order valence-corrected chi connectivity index (χ2v) is 4.60. The van der Waals surface area contributed by atoms with Gasteiger partial charge >= 0.3 is 0 Å². The van der Waals surface area contributed by atoms with E-state index in [4.69, 9.17) is 5.73 Å². The predicted octanol–water partition coefficient (Wildman–Crippen LogP) is 1.45. The molecule has 0 radical (unpaired) electrons. The Hall–Kier alpha value is -0.220. The summed E-state index contributed by atoms with van der Waals surface area (Å²) in [5.41, 5.74) is 5.02. The van der Waals surface area contributed by atoms with Crippen LogP contribution in [-0.2, 0) is 0 Å². The van der Waals surface area contributed by atoms with Crippen LogP contribution in [0.25, 0.3) is 0 Å². The van der Waals surface area contributed by atoms with Gasteiger partial charge in [-0.3, -0.25) is 4.90 Å². The third kappa shape index (κ3) is 1.91. The van der Waals surface area contributed by atoms with Crippen LogP contribution < -0.4 is 5.73 Å². The Morgan fingerprint density at radius 2 is 2.00 bits per heavy atom. The summed E-state index contributed by atoms with van der Waals surface area (Å²) >= 11 is 0. The molecule has 2 aliphatic rings. The molecule has 1 saturated carbocycles. The van der Waals surface area contributed by atoms with Gasteiger partial charge in [0.2, 0.25) is 0 Å². The van der Waals surface area contributed by atoms with Gasteiger partial charge in [-0.05, 0) is 18.8 Å². The molecule has 14 heavy (non-hydrogen) atoms. The molecule has 2 unspecified atom stereocenters. The van der Waals surface area contributed by atoms with Gasteiger partial charge in [-0.2, -0.15) is 0 Å². The number of nitrogens with two attached hydrogens (primary N) is 1. The molecule has 2 rings (SSSR count). The minimum atomic E-state index is -2.69. The average Bonchev–Trinajstić information content (AvgIpc) is 2.15. The van der Waals surface area contributed by atoms with Crippen LogP contribution in [-0.4, -0.2) is 36.5 Å². The summed E-state index contributed by atoms with van der Waals surface area (Å²) in [6, 6.07) is 0.432. The lowest BCUT2D eigenvalue weighted by Gasteiger charge is -2.51. The van der Waals surface area contributed by atoms with Crippen LogP contribution in [0, 0.1) is 5.92 Å². The number of halogens is 2. The van der Waals surface area contributed by atoms with E-state index in [1.807, 2.05) is 4.90 Å². The summed E-state index contributed by atoms with van der Waals surface area (Å²) in [6.45, 7) is 0.200. The molecule has 0 bridgehead atoms. The molecule has 2 atom stereocenters. The summed E-state index contributed by atoms with van der Waals surface area (Å²) < 4.78 is 26.0. The Labute approximate surface area is 83.4 Å². The molecular formula is C10H18F2N2. The first-order valence-electron chi connectivity index (χ1n) is 5.44. The molecule has 0 spiro atoms. The van der Waals surface area contributed by atoms with Crippen LogP contribution in [0.5, 0.6) is 0 Å². The maximum atomic E-state index is 13.0. The van der Waals surface area contributed by atoms with Crippen molar-refractivity contribution in [3.05, 3.63) is 0 Å². The molecule has 1 heterocycles. The van der Waals surface area contributed by atoms with Gasteiger partial charge < -0.3 is 5.73 Å². The standard InChI is InChI=1S/C10H18F2N2/c11-10(12,6-13)7-14-5-8-3-1-2-4-9(8)14/h8-9H,1-7,13H2. The van der Waals surface area contributed by atoms with Crippen LogP contribution >= 0.6 is 0 Å². The quantitative estimate of drug-likeness (QED) is 0.754. The van der Waals surface area contributed by atoms with Gasteiger partial charge in [-0.1, -0.05) is 12.8 Å². The molecule has 4 heteroatoms. The van der Waals surface area contributed by atoms with Crippen LogP contribution in [0.2, 0.25) is 0 Å². The number of alkyl halides is 2. The summed E-state index contributed by atoms with van der Waals surface area (Å²) in [5.74, 6) is -2.00. The fourth-order valence-electron chi connectivity index (χ4n) is 2.72. The highest BCUT2D eigenvalue weighted by Gasteiger charge is 2.44. The van der Waals surface area contributed by atoms with Gasteiger partial charge in [0.15, 0.2) is 0 Å². The molecule has 2 fully saturated rings. The summed E-state index contributed by atoms with van der Waals surface area (Å²) in [6.07, 6.45) is 4.81. The lowest BCUT2D eigenvalue weighted by Crippen LogP contribution is -2.60. The van der Waals surface area contributed by atoms with E-state index in [1.165, 1.54) is 19.3 Å². The molecular weight excluding hydrogens is 186 g/mol. The van der Waals surface area contributed by atoms with Crippen molar-refractivity contribution in [2.75, 3.05) is 19.6 Å². The third-order valence-electron chi connectivity index (χ3n) is 3.54. The van der Waals surface area contributed by atoms with E-state index in [0.717, 1.165) is 13.0 Å². The molecule has 2 N–H and O–H groups in total. The number of likely N-dealkylation sites (tertiary alicyclic amines) is 1. The molecule has 0 aromatic heterocycles. The average molecular weight is 204 g/mol. The van der Waals surface area contributed by atoms with Gasteiger partial charge in [-0.25, -0.2) is 8.78 Å². The molecule has 2 nitrogen and oxygen atoms in total. The van der Waals surface area contributed by atoms with E-state index in [2.05, 4.69) is 0 Å². The van der Waals surface area contributed by atoms with E-state index in [-0.39, 0.29) is 6.54 Å². The Kier molecular flexibility index (Phi) is 2.75. The number of rotatable bonds is 3. The van der Waals surface area contributed by atoms with Crippen molar-refractivity contribution in [2.45, 2.75) is 37.6 Å². The summed E-state index contributed by atoms with van der Waals surface area (Å²) in [7, 11) is 0. The molecule has 0 amide bonds.